The number of hydrogen-bond donors (Lipinski definition) is 1. The second-order valence-electron chi connectivity index (χ2n) is 5.35. The first kappa shape index (κ1) is 15.0. The van der Waals surface area contributed by atoms with Crippen molar-refractivity contribution in [3.8, 4) is 12.3 Å². The molecule has 1 rings (SSSR count). The molecule has 0 aliphatic carbocycles. The van der Waals surface area contributed by atoms with E-state index in [2.05, 4.69) is 21.0 Å². The number of amides is 1. The second kappa shape index (κ2) is 7.40. The molecule has 1 heterocycles. The van der Waals surface area contributed by atoms with E-state index in [4.69, 9.17) is 6.42 Å². The molecule has 4 nitrogen and oxygen atoms in total. The van der Waals surface area contributed by atoms with Crippen LogP contribution in [0.4, 0.5) is 0 Å². The van der Waals surface area contributed by atoms with E-state index in [9.17, 15) is 4.79 Å². The molecule has 4 heteroatoms. The predicted molar refractivity (Wildman–Crippen MR) is 74.2 cm³/mol. The van der Waals surface area contributed by atoms with Gasteiger partial charge < -0.3 is 5.32 Å². The standard InChI is InChI=1S/C14H25N3O/c1-5-8-17-9-6-13(7-10-17)16(4)11-14(18)15-12(2)3/h1,12-13H,6-11H2,2-4H3,(H,15,18). The van der Waals surface area contributed by atoms with E-state index >= 15 is 0 Å². The number of likely N-dealkylation sites (tertiary alicyclic amines) is 1. The van der Waals surface area contributed by atoms with Gasteiger partial charge in [0.1, 0.15) is 0 Å². The minimum Gasteiger partial charge on any atom is -0.353 e. The summed E-state index contributed by atoms with van der Waals surface area (Å²) in [5.74, 6) is 2.79. The van der Waals surface area contributed by atoms with Crippen LogP contribution in [0.25, 0.3) is 0 Å². The van der Waals surface area contributed by atoms with Gasteiger partial charge in [-0.1, -0.05) is 5.92 Å². The van der Waals surface area contributed by atoms with Gasteiger partial charge in [-0.3, -0.25) is 14.6 Å². The summed E-state index contributed by atoms with van der Waals surface area (Å²) in [5.41, 5.74) is 0. The molecular formula is C14H25N3O. The van der Waals surface area contributed by atoms with Crippen LogP contribution >= 0.6 is 0 Å². The van der Waals surface area contributed by atoms with Gasteiger partial charge in [0.25, 0.3) is 0 Å². The van der Waals surface area contributed by atoms with Gasteiger partial charge in [0.2, 0.25) is 5.91 Å². The highest BCUT2D eigenvalue weighted by Crippen LogP contribution is 2.14. The number of terminal acetylenes is 1. The Bertz CT molecular complexity index is 301. The number of piperidine rings is 1. The fourth-order valence-electron chi connectivity index (χ4n) is 2.37. The monoisotopic (exact) mass is 251 g/mol. The number of hydrogen-bond acceptors (Lipinski definition) is 3. The summed E-state index contributed by atoms with van der Waals surface area (Å²) in [5, 5.41) is 2.92. The summed E-state index contributed by atoms with van der Waals surface area (Å²) in [4.78, 5) is 16.1. The molecule has 1 saturated heterocycles. The molecule has 1 N–H and O–H groups in total. The van der Waals surface area contributed by atoms with Gasteiger partial charge in [0, 0.05) is 25.2 Å². The predicted octanol–water partition coefficient (Wildman–Crippen LogP) is 0.540. The third-order valence-corrected chi connectivity index (χ3v) is 3.34. The van der Waals surface area contributed by atoms with Crippen LogP contribution in [-0.4, -0.2) is 61.0 Å². The molecular weight excluding hydrogens is 226 g/mol. The van der Waals surface area contributed by atoms with Crippen molar-refractivity contribution < 1.29 is 4.79 Å². The molecule has 0 spiro atoms. The maximum atomic E-state index is 11.7. The zero-order valence-corrected chi connectivity index (χ0v) is 11.8. The topological polar surface area (TPSA) is 35.6 Å². The van der Waals surface area contributed by atoms with Crippen molar-refractivity contribution in [3.05, 3.63) is 0 Å². The third-order valence-electron chi connectivity index (χ3n) is 3.34. The molecule has 0 bridgehead atoms. The number of rotatable bonds is 5. The summed E-state index contributed by atoms with van der Waals surface area (Å²) in [7, 11) is 2.03. The van der Waals surface area contributed by atoms with E-state index in [1.165, 1.54) is 0 Å². The SMILES string of the molecule is C#CCN1CCC(N(C)CC(=O)NC(C)C)CC1. The first-order valence-electron chi connectivity index (χ1n) is 6.68. The number of likely N-dealkylation sites (N-methyl/N-ethyl adjacent to an activating group) is 1. The number of carbonyl (C=O) groups is 1. The summed E-state index contributed by atoms with van der Waals surface area (Å²) in [6.45, 7) is 7.25. The van der Waals surface area contributed by atoms with Crippen LogP contribution in [0.5, 0.6) is 0 Å². The van der Waals surface area contributed by atoms with E-state index < -0.39 is 0 Å². The lowest BCUT2D eigenvalue weighted by Gasteiger charge is -2.35. The third kappa shape index (κ3) is 5.07. The van der Waals surface area contributed by atoms with Gasteiger partial charge in [-0.15, -0.1) is 6.42 Å². The van der Waals surface area contributed by atoms with Crippen LogP contribution in [0, 0.1) is 12.3 Å². The van der Waals surface area contributed by atoms with Crippen LogP contribution in [0.2, 0.25) is 0 Å². The first-order valence-corrected chi connectivity index (χ1v) is 6.68. The van der Waals surface area contributed by atoms with Crippen LogP contribution in [-0.2, 0) is 4.79 Å². The normalized spacial score (nSPS) is 18.0. The molecule has 0 atom stereocenters. The van der Waals surface area contributed by atoms with Crippen molar-refractivity contribution in [2.75, 3.05) is 33.2 Å². The smallest absolute Gasteiger partial charge is 0.234 e. The molecule has 0 radical (unpaired) electrons. The van der Waals surface area contributed by atoms with Crippen molar-refractivity contribution in [3.63, 3.8) is 0 Å². The minimum atomic E-state index is 0.110. The Morgan fingerprint density at radius 3 is 2.61 bits per heavy atom. The zero-order chi connectivity index (χ0) is 13.5. The Kier molecular flexibility index (Phi) is 6.17. The Morgan fingerprint density at radius 2 is 2.11 bits per heavy atom. The van der Waals surface area contributed by atoms with Gasteiger partial charge in [0.05, 0.1) is 13.1 Å². The zero-order valence-electron chi connectivity index (χ0n) is 11.8. The highest BCUT2D eigenvalue weighted by Gasteiger charge is 2.23. The van der Waals surface area contributed by atoms with Crippen LogP contribution in [0.15, 0.2) is 0 Å². The highest BCUT2D eigenvalue weighted by atomic mass is 16.2. The molecule has 0 aromatic carbocycles. The molecule has 1 aliphatic rings. The van der Waals surface area contributed by atoms with Gasteiger partial charge in [-0.05, 0) is 33.7 Å². The van der Waals surface area contributed by atoms with Crippen LogP contribution < -0.4 is 5.32 Å². The average molecular weight is 251 g/mol. The first-order chi connectivity index (χ1) is 8.52. The van der Waals surface area contributed by atoms with Crippen molar-refractivity contribution in [1.82, 2.24) is 15.1 Å². The molecule has 0 aromatic heterocycles. The van der Waals surface area contributed by atoms with E-state index in [1.54, 1.807) is 0 Å². The summed E-state index contributed by atoms with van der Waals surface area (Å²) < 4.78 is 0. The van der Waals surface area contributed by atoms with Crippen LogP contribution in [0.3, 0.4) is 0 Å². The molecule has 0 aromatic rings. The van der Waals surface area contributed by atoms with E-state index in [1.807, 2.05) is 20.9 Å². The molecule has 18 heavy (non-hydrogen) atoms. The number of nitrogens with one attached hydrogen (secondary N) is 1. The average Bonchev–Trinajstić information content (AvgIpc) is 2.29. The van der Waals surface area contributed by atoms with Crippen molar-refractivity contribution >= 4 is 5.91 Å². The maximum absolute atomic E-state index is 11.7. The Morgan fingerprint density at radius 1 is 1.50 bits per heavy atom. The molecule has 102 valence electrons. The molecule has 1 fully saturated rings. The quantitative estimate of drug-likeness (QED) is 0.725. The molecule has 0 saturated carbocycles. The lowest BCUT2D eigenvalue weighted by molar-refractivity contribution is -0.123. The Hall–Kier alpha value is -1.05. The Labute approximate surface area is 111 Å². The van der Waals surface area contributed by atoms with Crippen molar-refractivity contribution in [2.45, 2.75) is 38.8 Å². The lowest BCUT2D eigenvalue weighted by Crippen LogP contribution is -2.47. The summed E-state index contributed by atoms with van der Waals surface area (Å²) in [6, 6.07) is 0.709. The van der Waals surface area contributed by atoms with Gasteiger partial charge in [0.15, 0.2) is 0 Å². The number of carbonyl (C=O) groups excluding carboxylic acids is 1. The second-order valence-corrected chi connectivity index (χ2v) is 5.35. The lowest BCUT2D eigenvalue weighted by atomic mass is 10.0. The number of nitrogens with zero attached hydrogens (tertiary/aromatic N) is 2. The Balaban J connectivity index is 2.29. The van der Waals surface area contributed by atoms with E-state index in [-0.39, 0.29) is 11.9 Å². The summed E-state index contributed by atoms with van der Waals surface area (Å²) in [6.07, 6.45) is 7.49. The molecule has 1 aliphatic heterocycles. The fourth-order valence-corrected chi connectivity index (χ4v) is 2.37. The summed E-state index contributed by atoms with van der Waals surface area (Å²) >= 11 is 0. The van der Waals surface area contributed by atoms with E-state index in [0.717, 1.165) is 32.5 Å². The maximum Gasteiger partial charge on any atom is 0.234 e. The van der Waals surface area contributed by atoms with Crippen molar-refractivity contribution in [1.29, 1.82) is 0 Å². The molecule has 1 amide bonds. The highest BCUT2D eigenvalue weighted by molar-refractivity contribution is 5.78. The largest absolute Gasteiger partial charge is 0.353 e. The van der Waals surface area contributed by atoms with Gasteiger partial charge >= 0.3 is 0 Å². The van der Waals surface area contributed by atoms with Crippen molar-refractivity contribution in [2.24, 2.45) is 0 Å². The minimum absolute atomic E-state index is 0.110. The van der Waals surface area contributed by atoms with Crippen LogP contribution in [0.1, 0.15) is 26.7 Å². The molecule has 0 unspecified atom stereocenters. The van der Waals surface area contributed by atoms with E-state index in [0.29, 0.717) is 12.6 Å². The van der Waals surface area contributed by atoms with Gasteiger partial charge in [-0.2, -0.15) is 0 Å². The van der Waals surface area contributed by atoms with Gasteiger partial charge in [-0.25, -0.2) is 0 Å². The fraction of sp³-hybridized carbons (Fsp3) is 0.786.